The van der Waals surface area contributed by atoms with Gasteiger partial charge >= 0.3 is 0 Å². The first-order valence-electron chi connectivity index (χ1n) is 7.23. The molecular formula is C15H25N3O2S. The molecule has 1 aliphatic heterocycles. The topological polar surface area (TPSA) is 66.6 Å². The summed E-state index contributed by atoms with van der Waals surface area (Å²) < 4.78 is 27.0. The van der Waals surface area contributed by atoms with Crippen molar-refractivity contribution in [2.75, 3.05) is 31.9 Å². The highest BCUT2D eigenvalue weighted by atomic mass is 32.2. The Labute approximate surface area is 127 Å². The molecule has 0 bridgehead atoms. The first-order valence-corrected chi connectivity index (χ1v) is 8.67. The summed E-state index contributed by atoms with van der Waals surface area (Å²) in [4.78, 5) is 2.60. The molecule has 0 atom stereocenters. The summed E-state index contributed by atoms with van der Waals surface area (Å²) in [6.07, 6.45) is 0. The number of rotatable bonds is 2. The molecule has 0 unspecified atom stereocenters. The highest BCUT2D eigenvalue weighted by Gasteiger charge is 2.32. The van der Waals surface area contributed by atoms with Gasteiger partial charge in [0.05, 0.1) is 4.90 Å². The average molecular weight is 311 g/mol. The maximum atomic E-state index is 12.7. The zero-order valence-electron chi connectivity index (χ0n) is 13.3. The molecule has 2 rings (SSSR count). The monoisotopic (exact) mass is 311 g/mol. The van der Waals surface area contributed by atoms with Crippen molar-refractivity contribution < 1.29 is 8.42 Å². The van der Waals surface area contributed by atoms with E-state index in [1.54, 1.807) is 22.5 Å². The molecule has 1 aliphatic rings. The third-order valence-electron chi connectivity index (χ3n) is 3.90. The Morgan fingerprint density at radius 1 is 1.05 bits per heavy atom. The minimum absolute atomic E-state index is 0.0730. The molecule has 0 aliphatic carbocycles. The van der Waals surface area contributed by atoms with Crippen molar-refractivity contribution in [3.05, 3.63) is 23.8 Å². The Morgan fingerprint density at radius 2 is 1.62 bits per heavy atom. The largest absolute Gasteiger partial charge is 0.399 e. The van der Waals surface area contributed by atoms with Crippen LogP contribution >= 0.6 is 0 Å². The second kappa shape index (κ2) is 5.59. The maximum absolute atomic E-state index is 12.7. The van der Waals surface area contributed by atoms with Gasteiger partial charge in [-0.15, -0.1) is 0 Å². The quantitative estimate of drug-likeness (QED) is 0.844. The van der Waals surface area contributed by atoms with Crippen LogP contribution in [-0.2, 0) is 10.0 Å². The summed E-state index contributed by atoms with van der Waals surface area (Å²) in [5.74, 6) is 0. The maximum Gasteiger partial charge on any atom is 0.243 e. The Balaban J connectivity index is 2.19. The van der Waals surface area contributed by atoms with Gasteiger partial charge < -0.3 is 5.73 Å². The van der Waals surface area contributed by atoms with Crippen LogP contribution in [-0.4, -0.2) is 49.3 Å². The second-order valence-electron chi connectivity index (χ2n) is 6.64. The number of nitrogens with two attached hydrogens (primary N) is 1. The van der Waals surface area contributed by atoms with Gasteiger partial charge in [0.2, 0.25) is 10.0 Å². The van der Waals surface area contributed by atoms with Crippen molar-refractivity contribution in [3.63, 3.8) is 0 Å². The molecule has 0 amide bonds. The van der Waals surface area contributed by atoms with Crippen LogP contribution in [0.4, 0.5) is 5.69 Å². The van der Waals surface area contributed by atoms with Gasteiger partial charge in [0, 0.05) is 37.4 Å². The van der Waals surface area contributed by atoms with Crippen molar-refractivity contribution in [2.45, 2.75) is 38.1 Å². The second-order valence-corrected chi connectivity index (χ2v) is 8.58. The van der Waals surface area contributed by atoms with Gasteiger partial charge in [0.25, 0.3) is 0 Å². The van der Waals surface area contributed by atoms with E-state index in [1.165, 1.54) is 0 Å². The molecule has 6 heteroatoms. The van der Waals surface area contributed by atoms with E-state index in [9.17, 15) is 8.42 Å². The zero-order chi connectivity index (χ0) is 15.8. The molecule has 0 spiro atoms. The number of hydrogen-bond acceptors (Lipinski definition) is 4. The van der Waals surface area contributed by atoms with Crippen molar-refractivity contribution >= 4 is 15.7 Å². The normalized spacial score (nSPS) is 18.9. The molecule has 0 radical (unpaired) electrons. The standard InChI is InChI=1S/C15H25N3O2S/c1-12-9-13(16)11-14(10-12)21(19,20)18-7-5-17(6-8-18)15(2,3)4/h9-11H,5-8,16H2,1-4H3. The molecule has 1 saturated heterocycles. The lowest BCUT2D eigenvalue weighted by Gasteiger charge is -2.41. The van der Waals surface area contributed by atoms with E-state index in [4.69, 9.17) is 5.73 Å². The molecule has 0 saturated carbocycles. The summed E-state index contributed by atoms with van der Waals surface area (Å²) in [6, 6.07) is 5.00. The number of piperazine rings is 1. The summed E-state index contributed by atoms with van der Waals surface area (Å²) in [5.41, 5.74) is 7.20. The number of benzene rings is 1. The minimum Gasteiger partial charge on any atom is -0.399 e. The fourth-order valence-electron chi connectivity index (χ4n) is 2.67. The molecule has 0 aromatic heterocycles. The summed E-state index contributed by atoms with van der Waals surface area (Å²) in [5, 5.41) is 0. The van der Waals surface area contributed by atoms with Crippen LogP contribution in [0.3, 0.4) is 0 Å². The summed E-state index contributed by atoms with van der Waals surface area (Å²) >= 11 is 0. The van der Waals surface area contributed by atoms with Gasteiger partial charge in [0.1, 0.15) is 0 Å². The first-order chi connectivity index (χ1) is 9.60. The van der Waals surface area contributed by atoms with E-state index in [0.717, 1.165) is 18.7 Å². The van der Waals surface area contributed by atoms with Gasteiger partial charge in [-0.1, -0.05) is 0 Å². The van der Waals surface area contributed by atoms with E-state index in [2.05, 4.69) is 25.7 Å². The van der Waals surface area contributed by atoms with Gasteiger partial charge in [-0.3, -0.25) is 4.90 Å². The minimum atomic E-state index is -3.45. The number of hydrogen-bond donors (Lipinski definition) is 1. The zero-order valence-corrected chi connectivity index (χ0v) is 14.1. The Hall–Kier alpha value is -1.11. The molecule has 118 valence electrons. The number of anilines is 1. The van der Waals surface area contributed by atoms with Gasteiger partial charge in [0.15, 0.2) is 0 Å². The lowest BCUT2D eigenvalue weighted by atomic mass is 10.1. The fraction of sp³-hybridized carbons (Fsp3) is 0.600. The van der Waals surface area contributed by atoms with Crippen molar-refractivity contribution in [3.8, 4) is 0 Å². The lowest BCUT2D eigenvalue weighted by molar-refractivity contribution is 0.0922. The van der Waals surface area contributed by atoms with E-state index >= 15 is 0 Å². The van der Waals surface area contributed by atoms with Gasteiger partial charge in [-0.05, 0) is 51.5 Å². The molecule has 1 fully saturated rings. The van der Waals surface area contributed by atoms with Crippen LogP contribution in [0.1, 0.15) is 26.3 Å². The van der Waals surface area contributed by atoms with E-state index < -0.39 is 10.0 Å². The molecule has 1 heterocycles. The van der Waals surface area contributed by atoms with Crippen molar-refractivity contribution in [2.24, 2.45) is 0 Å². The van der Waals surface area contributed by atoms with Gasteiger partial charge in [-0.2, -0.15) is 4.31 Å². The third-order valence-corrected chi connectivity index (χ3v) is 5.77. The number of aryl methyl sites for hydroxylation is 1. The number of nitrogens with zero attached hydrogens (tertiary/aromatic N) is 2. The van der Waals surface area contributed by atoms with Crippen LogP contribution < -0.4 is 5.73 Å². The van der Waals surface area contributed by atoms with Crippen LogP contribution in [0.25, 0.3) is 0 Å². The predicted molar refractivity (Wildman–Crippen MR) is 85.7 cm³/mol. The molecule has 5 nitrogen and oxygen atoms in total. The van der Waals surface area contributed by atoms with E-state index in [-0.39, 0.29) is 5.54 Å². The SMILES string of the molecule is Cc1cc(N)cc(S(=O)(=O)N2CCN(C(C)(C)C)CC2)c1. The smallest absolute Gasteiger partial charge is 0.243 e. The molecular weight excluding hydrogens is 286 g/mol. The molecule has 2 N–H and O–H groups in total. The van der Waals surface area contributed by atoms with Crippen molar-refractivity contribution in [1.29, 1.82) is 0 Å². The van der Waals surface area contributed by atoms with Crippen LogP contribution in [0, 0.1) is 6.92 Å². The Bertz CT molecular complexity index is 592. The van der Waals surface area contributed by atoms with E-state index in [1.807, 2.05) is 6.92 Å². The predicted octanol–water partition coefficient (Wildman–Crippen LogP) is 1.68. The molecule has 1 aromatic carbocycles. The highest BCUT2D eigenvalue weighted by Crippen LogP contribution is 2.23. The summed E-state index contributed by atoms with van der Waals surface area (Å²) in [6.45, 7) is 10.9. The Morgan fingerprint density at radius 3 is 2.10 bits per heavy atom. The van der Waals surface area contributed by atoms with Crippen LogP contribution in [0.2, 0.25) is 0 Å². The molecule has 21 heavy (non-hydrogen) atoms. The Kier molecular flexibility index (Phi) is 4.33. The molecule has 1 aromatic rings. The van der Waals surface area contributed by atoms with Crippen molar-refractivity contribution in [1.82, 2.24) is 9.21 Å². The summed E-state index contributed by atoms with van der Waals surface area (Å²) in [7, 11) is -3.45. The fourth-order valence-corrected chi connectivity index (χ4v) is 4.24. The lowest BCUT2D eigenvalue weighted by Crippen LogP contribution is -2.54. The van der Waals surface area contributed by atoms with E-state index in [0.29, 0.717) is 23.7 Å². The van der Waals surface area contributed by atoms with Gasteiger partial charge in [-0.25, -0.2) is 8.42 Å². The first kappa shape index (κ1) is 16.3. The third kappa shape index (κ3) is 3.56. The highest BCUT2D eigenvalue weighted by molar-refractivity contribution is 7.89. The average Bonchev–Trinajstić information content (AvgIpc) is 2.36. The number of nitrogen functional groups attached to an aromatic ring is 1. The van der Waals surface area contributed by atoms with Crippen LogP contribution in [0.15, 0.2) is 23.1 Å². The van der Waals surface area contributed by atoms with Crippen LogP contribution in [0.5, 0.6) is 0 Å². The number of sulfonamides is 1.